The summed E-state index contributed by atoms with van der Waals surface area (Å²) in [6.07, 6.45) is 9.56. The van der Waals surface area contributed by atoms with Crippen molar-refractivity contribution in [2.45, 2.75) is 91.1 Å². The molecule has 0 spiro atoms. The zero-order valence-electron chi connectivity index (χ0n) is 19.2. The molecule has 1 aromatic rings. The molecule has 0 aliphatic carbocycles. The van der Waals surface area contributed by atoms with Crippen molar-refractivity contribution < 1.29 is 24.1 Å². The number of rotatable bonds is 17. The van der Waals surface area contributed by atoms with Crippen molar-refractivity contribution in [2.75, 3.05) is 27.4 Å². The second-order valence-corrected chi connectivity index (χ2v) is 7.49. The van der Waals surface area contributed by atoms with Gasteiger partial charge in [0.25, 0.3) is 0 Å². The lowest BCUT2D eigenvalue weighted by Gasteiger charge is -2.21. The summed E-state index contributed by atoms with van der Waals surface area (Å²) in [5.41, 5.74) is 1.05. The lowest BCUT2D eigenvalue weighted by Crippen LogP contribution is -2.08. The zero-order valence-corrected chi connectivity index (χ0v) is 19.2. The Balaban J connectivity index is 3.10. The maximum absolute atomic E-state index is 9.91. The minimum Gasteiger partial charge on any atom is -0.490 e. The fraction of sp³-hybridized carbons (Fsp3) is 0.750. The maximum Gasteiger partial charge on any atom is 0.207 e. The second kappa shape index (κ2) is 15.3. The molecule has 0 saturated heterocycles. The average molecular weight is 411 g/mol. The number of aliphatic hydroxyl groups excluding tert-OH is 1. The van der Waals surface area contributed by atoms with Crippen molar-refractivity contribution in [1.29, 1.82) is 0 Å². The average Bonchev–Trinajstić information content (AvgIpc) is 2.74. The Hall–Kier alpha value is -1.62. The number of aliphatic hydroxyl groups is 1. The van der Waals surface area contributed by atoms with Gasteiger partial charge < -0.3 is 24.1 Å². The van der Waals surface area contributed by atoms with Crippen LogP contribution in [0.2, 0.25) is 0 Å². The Bertz CT molecular complexity index is 559. The molecule has 1 unspecified atom stereocenters. The molecule has 5 nitrogen and oxygen atoms in total. The maximum atomic E-state index is 9.91. The molecule has 0 aromatic heterocycles. The van der Waals surface area contributed by atoms with Crippen molar-refractivity contribution in [3.8, 4) is 23.0 Å². The van der Waals surface area contributed by atoms with E-state index < -0.39 is 0 Å². The summed E-state index contributed by atoms with van der Waals surface area (Å²) in [6, 6.07) is 2.03. The van der Waals surface area contributed by atoms with Gasteiger partial charge >= 0.3 is 0 Å². The van der Waals surface area contributed by atoms with Gasteiger partial charge in [0.15, 0.2) is 11.5 Å². The van der Waals surface area contributed by atoms with Crippen LogP contribution < -0.4 is 18.9 Å². The van der Waals surface area contributed by atoms with Crippen LogP contribution in [-0.4, -0.2) is 38.6 Å². The van der Waals surface area contributed by atoms with E-state index in [9.17, 15) is 5.11 Å². The van der Waals surface area contributed by atoms with Crippen LogP contribution in [0.4, 0.5) is 0 Å². The molecule has 0 aliphatic heterocycles. The summed E-state index contributed by atoms with van der Waals surface area (Å²) in [7, 11) is 3.27. The Kier molecular flexibility index (Phi) is 13.4. The number of unbranched alkanes of at least 4 members (excludes halogenated alkanes) is 4. The van der Waals surface area contributed by atoms with E-state index >= 15 is 0 Å². The highest BCUT2D eigenvalue weighted by Crippen LogP contribution is 2.47. The highest BCUT2D eigenvalue weighted by molar-refractivity contribution is 5.63. The normalized spacial score (nSPS) is 11.9. The molecule has 0 amide bonds. The third kappa shape index (κ3) is 8.73. The fourth-order valence-corrected chi connectivity index (χ4v) is 3.27. The zero-order chi connectivity index (χ0) is 21.5. The van der Waals surface area contributed by atoms with Crippen LogP contribution in [0.1, 0.15) is 84.1 Å². The van der Waals surface area contributed by atoms with Crippen molar-refractivity contribution in [3.63, 3.8) is 0 Å². The van der Waals surface area contributed by atoms with Gasteiger partial charge in [-0.15, -0.1) is 0 Å². The lowest BCUT2D eigenvalue weighted by molar-refractivity contribution is 0.157. The van der Waals surface area contributed by atoms with Crippen molar-refractivity contribution >= 4 is 0 Å². The van der Waals surface area contributed by atoms with Crippen molar-refractivity contribution in [1.82, 2.24) is 0 Å². The summed E-state index contributed by atoms with van der Waals surface area (Å²) < 4.78 is 23.6. The van der Waals surface area contributed by atoms with Gasteiger partial charge in [0, 0.05) is 5.56 Å². The first-order chi connectivity index (χ1) is 14.1. The Morgan fingerprint density at radius 2 is 1.41 bits per heavy atom. The number of methoxy groups -OCH3 is 2. The van der Waals surface area contributed by atoms with Crippen LogP contribution >= 0.6 is 0 Å². The van der Waals surface area contributed by atoms with Gasteiger partial charge in [-0.25, -0.2) is 0 Å². The van der Waals surface area contributed by atoms with Crippen LogP contribution in [0.25, 0.3) is 0 Å². The molecule has 0 saturated carbocycles. The van der Waals surface area contributed by atoms with Crippen molar-refractivity contribution in [3.05, 3.63) is 11.6 Å². The smallest absolute Gasteiger partial charge is 0.207 e. The summed E-state index contributed by atoms with van der Waals surface area (Å²) in [6.45, 7) is 7.66. The topological polar surface area (TPSA) is 57.2 Å². The van der Waals surface area contributed by atoms with Crippen LogP contribution in [0, 0.1) is 0 Å². The first kappa shape index (κ1) is 25.4. The molecular formula is C24H42O5. The minimum atomic E-state index is -0.256. The molecule has 5 heteroatoms. The number of hydrogen-bond acceptors (Lipinski definition) is 5. The molecule has 1 rings (SSSR count). The van der Waals surface area contributed by atoms with Gasteiger partial charge in [-0.1, -0.05) is 46.5 Å². The first-order valence-electron chi connectivity index (χ1n) is 11.3. The summed E-state index contributed by atoms with van der Waals surface area (Å²) >= 11 is 0. The third-order valence-corrected chi connectivity index (χ3v) is 5.10. The van der Waals surface area contributed by atoms with Crippen LogP contribution in [0.3, 0.4) is 0 Å². The van der Waals surface area contributed by atoms with Gasteiger partial charge in [-0.3, -0.25) is 0 Å². The molecule has 168 valence electrons. The van der Waals surface area contributed by atoms with Crippen LogP contribution in [0.15, 0.2) is 6.07 Å². The monoisotopic (exact) mass is 410 g/mol. The minimum absolute atomic E-state index is 0.256. The van der Waals surface area contributed by atoms with Gasteiger partial charge in [0.2, 0.25) is 11.5 Å². The van der Waals surface area contributed by atoms with E-state index in [1.165, 1.54) is 0 Å². The lowest BCUT2D eigenvalue weighted by atomic mass is 10.0. The summed E-state index contributed by atoms with van der Waals surface area (Å²) in [5, 5.41) is 9.91. The van der Waals surface area contributed by atoms with E-state index in [2.05, 4.69) is 13.8 Å². The van der Waals surface area contributed by atoms with E-state index in [4.69, 9.17) is 18.9 Å². The Labute approximate surface area is 177 Å². The van der Waals surface area contributed by atoms with Gasteiger partial charge in [0.05, 0.1) is 33.5 Å². The van der Waals surface area contributed by atoms with Crippen molar-refractivity contribution in [2.24, 2.45) is 0 Å². The first-order valence-corrected chi connectivity index (χ1v) is 11.3. The van der Waals surface area contributed by atoms with Gasteiger partial charge in [0.1, 0.15) is 0 Å². The molecule has 0 fully saturated rings. The quantitative estimate of drug-likeness (QED) is 0.322. The molecule has 1 aromatic carbocycles. The van der Waals surface area contributed by atoms with E-state index in [1.54, 1.807) is 14.2 Å². The molecule has 0 radical (unpaired) electrons. The number of benzene rings is 1. The molecule has 29 heavy (non-hydrogen) atoms. The van der Waals surface area contributed by atoms with E-state index in [1.807, 2.05) is 13.0 Å². The highest BCUT2D eigenvalue weighted by Gasteiger charge is 2.22. The van der Waals surface area contributed by atoms with Crippen LogP contribution in [-0.2, 0) is 6.42 Å². The van der Waals surface area contributed by atoms with Gasteiger partial charge in [-0.05, 0) is 44.6 Å². The molecule has 0 aliphatic rings. The number of aryl methyl sites for hydroxylation is 1. The van der Waals surface area contributed by atoms with Crippen LogP contribution in [0.5, 0.6) is 23.0 Å². The van der Waals surface area contributed by atoms with Gasteiger partial charge in [-0.2, -0.15) is 0 Å². The molecule has 1 atom stereocenters. The Morgan fingerprint density at radius 1 is 0.793 bits per heavy atom. The summed E-state index contributed by atoms with van der Waals surface area (Å²) in [5.74, 6) is 2.63. The number of hydrogen-bond donors (Lipinski definition) is 1. The SMILES string of the molecule is CCCCCOc1cc(CCCC(O)CC)c(OCCCCC)c(OC)c1OC. The van der Waals surface area contributed by atoms with E-state index in [0.717, 1.165) is 75.5 Å². The summed E-state index contributed by atoms with van der Waals surface area (Å²) in [4.78, 5) is 0. The van der Waals surface area contributed by atoms with E-state index in [-0.39, 0.29) is 6.10 Å². The number of ether oxygens (including phenoxy) is 4. The predicted molar refractivity (Wildman–Crippen MR) is 119 cm³/mol. The fourth-order valence-electron chi connectivity index (χ4n) is 3.27. The third-order valence-electron chi connectivity index (χ3n) is 5.10. The largest absolute Gasteiger partial charge is 0.490 e. The molecule has 1 N–H and O–H groups in total. The predicted octanol–water partition coefficient (Wildman–Crippen LogP) is 5.94. The second-order valence-electron chi connectivity index (χ2n) is 7.49. The molecule has 0 bridgehead atoms. The molecular weight excluding hydrogens is 368 g/mol. The Morgan fingerprint density at radius 3 is 1.97 bits per heavy atom. The standard InChI is InChI=1S/C24H42O5/c1-6-9-11-16-28-21-18-19(14-13-15-20(25)8-3)22(29-17-12-10-7-2)24(27-5)23(21)26-4/h18,20,25H,6-17H2,1-5H3. The van der Waals surface area contributed by atoms with E-state index in [0.29, 0.717) is 30.5 Å². The highest BCUT2D eigenvalue weighted by atomic mass is 16.5. The molecule has 0 heterocycles.